The Morgan fingerprint density at radius 3 is 2.36 bits per heavy atom. The van der Waals surface area contributed by atoms with Gasteiger partial charge >= 0.3 is 0 Å². The molecule has 1 nitrogen and oxygen atoms in total. The molecule has 4 saturated carbocycles. The first-order valence-electron chi connectivity index (χ1n) is 10.2. The second-order valence-electron chi connectivity index (χ2n) is 9.98. The molecular weight excluding hydrogens is 508 g/mol. The van der Waals surface area contributed by atoms with Crippen molar-refractivity contribution in [1.82, 2.24) is 0 Å². The van der Waals surface area contributed by atoms with Crippen molar-refractivity contribution in [2.75, 3.05) is 0 Å². The summed E-state index contributed by atoms with van der Waals surface area (Å²) in [7, 11) is 0. The Bertz CT molecular complexity index is 575. The maximum absolute atomic E-state index is 12.6. The van der Waals surface area contributed by atoms with Crippen molar-refractivity contribution in [3.63, 3.8) is 0 Å². The second-order valence-corrected chi connectivity index (χ2v) is 14.7. The van der Waals surface area contributed by atoms with Crippen LogP contribution in [0.5, 0.6) is 0 Å². The van der Waals surface area contributed by atoms with Gasteiger partial charge in [0, 0.05) is 5.92 Å². The standard InChI is InChI=1S/C21H31Br3O/c1-12(25)16-18(22)21(23,24)17-14-8-7-13-6-4-5-10-19(13,2)15(14)9-11-20(16,17)3/h13-18H,4-11H2,1-3H3/t13?,14-,15+,16+,17+,18?,19+,20-/m1/s1. The summed E-state index contributed by atoms with van der Waals surface area (Å²) in [4.78, 5) is 12.8. The molecule has 4 aliphatic carbocycles. The van der Waals surface area contributed by atoms with Crippen molar-refractivity contribution >= 4 is 53.6 Å². The number of halogens is 3. The lowest BCUT2D eigenvalue weighted by Gasteiger charge is -2.61. The van der Waals surface area contributed by atoms with Gasteiger partial charge in [-0.1, -0.05) is 74.5 Å². The number of rotatable bonds is 1. The summed E-state index contributed by atoms with van der Waals surface area (Å²) in [5.74, 6) is 3.50. The molecule has 0 bridgehead atoms. The molecule has 0 saturated heterocycles. The smallest absolute Gasteiger partial charge is 0.134 e. The summed E-state index contributed by atoms with van der Waals surface area (Å²) in [6.07, 6.45) is 11.0. The molecule has 8 atom stereocenters. The lowest BCUT2D eigenvalue weighted by Crippen LogP contribution is -2.55. The molecule has 4 rings (SSSR count). The van der Waals surface area contributed by atoms with Crippen LogP contribution in [-0.2, 0) is 4.79 Å². The van der Waals surface area contributed by atoms with Crippen LogP contribution in [0.25, 0.3) is 0 Å². The summed E-state index contributed by atoms with van der Waals surface area (Å²) >= 11 is 12.1. The average molecular weight is 539 g/mol. The van der Waals surface area contributed by atoms with Gasteiger partial charge in [0.05, 0.1) is 8.06 Å². The summed E-state index contributed by atoms with van der Waals surface area (Å²) < 4.78 is -0.160. The van der Waals surface area contributed by atoms with Crippen LogP contribution < -0.4 is 0 Å². The van der Waals surface area contributed by atoms with Crippen molar-refractivity contribution < 1.29 is 4.79 Å². The van der Waals surface area contributed by atoms with E-state index in [1.165, 1.54) is 51.4 Å². The number of carbonyl (C=O) groups is 1. The molecule has 4 fully saturated rings. The third-order valence-electron chi connectivity index (χ3n) is 9.02. The number of hydrogen-bond donors (Lipinski definition) is 0. The Balaban J connectivity index is 1.75. The largest absolute Gasteiger partial charge is 0.300 e. The highest BCUT2D eigenvalue weighted by Crippen LogP contribution is 2.73. The van der Waals surface area contributed by atoms with E-state index in [9.17, 15) is 4.79 Å². The summed E-state index contributed by atoms with van der Waals surface area (Å²) in [5.41, 5.74) is 0.640. The van der Waals surface area contributed by atoms with Gasteiger partial charge in [0.2, 0.25) is 0 Å². The van der Waals surface area contributed by atoms with Gasteiger partial charge in [-0.3, -0.25) is 4.79 Å². The third kappa shape index (κ3) is 2.58. The van der Waals surface area contributed by atoms with E-state index < -0.39 is 0 Å². The maximum atomic E-state index is 12.6. The molecule has 4 heteroatoms. The quantitative estimate of drug-likeness (QED) is 0.326. The van der Waals surface area contributed by atoms with Crippen molar-refractivity contribution in [2.45, 2.75) is 80.2 Å². The van der Waals surface area contributed by atoms with Crippen molar-refractivity contribution in [1.29, 1.82) is 0 Å². The molecule has 25 heavy (non-hydrogen) atoms. The van der Waals surface area contributed by atoms with Gasteiger partial charge in [0.1, 0.15) is 5.78 Å². The minimum Gasteiger partial charge on any atom is -0.300 e. The molecule has 0 amide bonds. The molecule has 0 aromatic rings. The summed E-state index contributed by atoms with van der Waals surface area (Å²) in [6, 6.07) is 0. The predicted molar refractivity (Wildman–Crippen MR) is 115 cm³/mol. The van der Waals surface area contributed by atoms with Gasteiger partial charge in [0.15, 0.2) is 0 Å². The third-order valence-corrected chi connectivity index (χ3v) is 13.5. The van der Waals surface area contributed by atoms with Gasteiger partial charge in [-0.25, -0.2) is 0 Å². The van der Waals surface area contributed by atoms with Crippen LogP contribution in [-0.4, -0.2) is 13.8 Å². The first-order valence-corrected chi connectivity index (χ1v) is 12.7. The summed E-state index contributed by atoms with van der Waals surface area (Å²) in [5, 5.41) is 0. The molecule has 0 aromatic heterocycles. The maximum Gasteiger partial charge on any atom is 0.134 e. The van der Waals surface area contributed by atoms with Crippen LogP contribution in [0.1, 0.15) is 72.1 Å². The van der Waals surface area contributed by atoms with Crippen LogP contribution >= 0.6 is 47.8 Å². The van der Waals surface area contributed by atoms with Gasteiger partial charge in [-0.15, -0.1) is 0 Å². The Hall–Kier alpha value is 1.11. The lowest BCUT2D eigenvalue weighted by molar-refractivity contribution is -0.133. The van der Waals surface area contributed by atoms with E-state index in [2.05, 4.69) is 61.6 Å². The topological polar surface area (TPSA) is 17.1 Å². The SMILES string of the molecule is CC(=O)[C@H]1C(Br)C(Br)(Br)[C@H]2[C@@H]3CCC4CCCC[C@]4(C)[C@H]3CC[C@@]21C. The van der Waals surface area contributed by atoms with Gasteiger partial charge < -0.3 is 0 Å². The van der Waals surface area contributed by atoms with Crippen LogP contribution in [0, 0.1) is 40.4 Å². The van der Waals surface area contributed by atoms with Crippen LogP contribution in [0.2, 0.25) is 0 Å². The highest BCUT2D eigenvalue weighted by atomic mass is 79.9. The zero-order valence-electron chi connectivity index (χ0n) is 15.7. The highest BCUT2D eigenvalue weighted by Gasteiger charge is 2.70. The normalized spacial score (nSPS) is 54.3. The van der Waals surface area contributed by atoms with Gasteiger partial charge in [-0.2, -0.15) is 0 Å². The highest BCUT2D eigenvalue weighted by molar-refractivity contribution is 9.26. The Morgan fingerprint density at radius 2 is 1.68 bits per heavy atom. The van der Waals surface area contributed by atoms with Crippen molar-refractivity contribution in [3.05, 3.63) is 0 Å². The van der Waals surface area contributed by atoms with Crippen molar-refractivity contribution in [3.8, 4) is 0 Å². The van der Waals surface area contributed by atoms with E-state index in [1.54, 1.807) is 6.92 Å². The zero-order chi connectivity index (χ0) is 18.2. The van der Waals surface area contributed by atoms with E-state index in [1.807, 2.05) is 0 Å². The molecule has 0 N–H and O–H groups in total. The fraction of sp³-hybridized carbons (Fsp3) is 0.952. The molecule has 142 valence electrons. The minimum atomic E-state index is -0.160. The number of hydrogen-bond acceptors (Lipinski definition) is 1. The van der Waals surface area contributed by atoms with E-state index in [4.69, 9.17) is 0 Å². The molecule has 4 aliphatic rings. The zero-order valence-corrected chi connectivity index (χ0v) is 20.4. The average Bonchev–Trinajstić information content (AvgIpc) is 2.69. The van der Waals surface area contributed by atoms with E-state index in [-0.39, 0.29) is 19.4 Å². The van der Waals surface area contributed by atoms with E-state index in [0.29, 0.717) is 17.1 Å². The van der Waals surface area contributed by atoms with Gasteiger partial charge in [-0.05, 0) is 80.0 Å². The fourth-order valence-corrected chi connectivity index (χ4v) is 11.5. The monoisotopic (exact) mass is 536 g/mol. The lowest BCUT2D eigenvalue weighted by atomic mass is 9.45. The minimum absolute atomic E-state index is 0.103. The molecule has 0 heterocycles. The molecule has 0 aliphatic heterocycles. The molecular formula is C21H31Br3O. The Morgan fingerprint density at radius 1 is 0.960 bits per heavy atom. The van der Waals surface area contributed by atoms with E-state index in [0.717, 1.165) is 17.8 Å². The number of fused-ring (bicyclic) bond motifs is 5. The molecule has 0 aromatic carbocycles. The first kappa shape index (κ1) is 19.4. The Labute approximate surface area is 178 Å². The first-order chi connectivity index (χ1) is 11.6. The molecule has 0 spiro atoms. The number of carbonyl (C=O) groups excluding carboxylic acids is 1. The van der Waals surface area contributed by atoms with Crippen LogP contribution in [0.3, 0.4) is 0 Å². The number of ketones is 1. The second kappa shape index (κ2) is 6.31. The Kier molecular flexibility index (Phi) is 4.90. The predicted octanol–water partition coefficient (Wildman–Crippen LogP) is 7.09. The van der Waals surface area contributed by atoms with Gasteiger partial charge in [0.25, 0.3) is 0 Å². The van der Waals surface area contributed by atoms with Crippen LogP contribution in [0.4, 0.5) is 0 Å². The van der Waals surface area contributed by atoms with Crippen LogP contribution in [0.15, 0.2) is 0 Å². The number of alkyl halides is 3. The fourth-order valence-electron chi connectivity index (χ4n) is 8.00. The number of Topliss-reactive ketones (excluding diaryl/α,β-unsaturated/α-hetero) is 1. The molecule has 2 unspecified atom stereocenters. The molecule has 0 radical (unpaired) electrons. The summed E-state index contributed by atoms with van der Waals surface area (Å²) in [6.45, 7) is 6.82. The van der Waals surface area contributed by atoms with Crippen molar-refractivity contribution in [2.24, 2.45) is 40.4 Å². The van der Waals surface area contributed by atoms with E-state index >= 15 is 0 Å².